The lowest BCUT2D eigenvalue weighted by Crippen LogP contribution is -2.38. The summed E-state index contributed by atoms with van der Waals surface area (Å²) < 4.78 is 18.4. The molecule has 2 N–H and O–H groups in total. The minimum atomic E-state index is -0.745. The maximum Gasteiger partial charge on any atom is 0.405 e. The molecule has 1 unspecified atom stereocenters. The monoisotopic (exact) mass is 356 g/mol. The largest absolute Gasteiger partial charge is 0.440 e. The van der Waals surface area contributed by atoms with Gasteiger partial charge in [-0.15, -0.1) is 0 Å². The Morgan fingerprint density at radius 1 is 1.12 bits per heavy atom. The highest BCUT2D eigenvalue weighted by molar-refractivity contribution is 5.65. The van der Waals surface area contributed by atoms with Crippen molar-refractivity contribution in [2.45, 2.75) is 25.4 Å². The summed E-state index contributed by atoms with van der Waals surface area (Å²) in [7, 11) is 0. The number of halogens is 1. The van der Waals surface area contributed by atoms with Crippen LogP contribution in [0.15, 0.2) is 54.6 Å². The zero-order chi connectivity index (χ0) is 18.4. The molecule has 1 aliphatic heterocycles. The first kappa shape index (κ1) is 18.4. The van der Waals surface area contributed by atoms with Crippen LogP contribution in [-0.4, -0.2) is 30.6 Å². The number of benzene rings is 2. The van der Waals surface area contributed by atoms with Crippen molar-refractivity contribution in [3.05, 3.63) is 71.5 Å². The molecule has 1 atom stereocenters. The third kappa shape index (κ3) is 5.30. The molecule has 0 spiro atoms. The lowest BCUT2D eigenvalue weighted by atomic mass is 9.90. The molecule has 1 saturated heterocycles. The minimum absolute atomic E-state index is 0.190. The first-order chi connectivity index (χ1) is 12.6. The van der Waals surface area contributed by atoms with E-state index in [1.165, 1.54) is 17.7 Å². The van der Waals surface area contributed by atoms with E-state index in [4.69, 9.17) is 10.5 Å². The fraction of sp³-hybridized carbons (Fsp3) is 0.381. The van der Waals surface area contributed by atoms with Gasteiger partial charge in [0.05, 0.1) is 0 Å². The number of carbonyl (C=O) groups excluding carboxylic acids is 1. The maximum atomic E-state index is 13.0. The molecule has 0 aliphatic carbocycles. The number of amides is 1. The molecule has 3 rings (SSSR count). The Bertz CT molecular complexity index is 698. The van der Waals surface area contributed by atoms with Crippen molar-refractivity contribution in [3.8, 4) is 0 Å². The third-order valence-electron chi connectivity index (χ3n) is 5.00. The third-order valence-corrected chi connectivity index (χ3v) is 5.00. The predicted molar refractivity (Wildman–Crippen MR) is 99.1 cm³/mol. The number of piperidine rings is 1. The molecule has 5 heteroatoms. The van der Waals surface area contributed by atoms with Gasteiger partial charge in [-0.25, -0.2) is 9.18 Å². The number of hydrogen-bond donors (Lipinski definition) is 1. The van der Waals surface area contributed by atoms with E-state index < -0.39 is 6.09 Å². The Morgan fingerprint density at radius 3 is 2.38 bits per heavy atom. The first-order valence-electron chi connectivity index (χ1n) is 9.08. The second-order valence-electron chi connectivity index (χ2n) is 6.91. The van der Waals surface area contributed by atoms with Crippen molar-refractivity contribution in [1.29, 1.82) is 0 Å². The molecule has 26 heavy (non-hydrogen) atoms. The van der Waals surface area contributed by atoms with Crippen LogP contribution in [0.25, 0.3) is 0 Å². The van der Waals surface area contributed by atoms with Gasteiger partial charge in [0.15, 0.2) is 0 Å². The fourth-order valence-corrected chi connectivity index (χ4v) is 3.58. The van der Waals surface area contributed by atoms with Gasteiger partial charge in [-0.05, 0) is 61.5 Å². The summed E-state index contributed by atoms with van der Waals surface area (Å²) >= 11 is 0. The second kappa shape index (κ2) is 8.81. The molecule has 0 bridgehead atoms. The average Bonchev–Trinajstić information content (AvgIpc) is 2.65. The van der Waals surface area contributed by atoms with Crippen molar-refractivity contribution in [2.24, 2.45) is 11.7 Å². The molecule has 1 aliphatic rings. The fourth-order valence-electron chi connectivity index (χ4n) is 3.58. The molecular formula is C21H25FN2O2. The highest BCUT2D eigenvalue weighted by Crippen LogP contribution is 2.25. The molecule has 1 heterocycles. The number of ether oxygens (including phenoxy) is 1. The topological polar surface area (TPSA) is 55.6 Å². The number of rotatable bonds is 6. The number of nitrogens with zero attached hydrogens (tertiary/aromatic N) is 1. The summed E-state index contributed by atoms with van der Waals surface area (Å²) in [6, 6.07) is 16.5. The zero-order valence-electron chi connectivity index (χ0n) is 14.8. The average molecular weight is 356 g/mol. The normalized spacial score (nSPS) is 17.0. The lowest BCUT2D eigenvalue weighted by Gasteiger charge is -2.34. The Morgan fingerprint density at radius 2 is 1.77 bits per heavy atom. The van der Waals surface area contributed by atoms with Crippen LogP contribution in [0.4, 0.5) is 9.18 Å². The van der Waals surface area contributed by atoms with E-state index in [0.717, 1.165) is 37.9 Å². The quantitative estimate of drug-likeness (QED) is 0.853. The van der Waals surface area contributed by atoms with Gasteiger partial charge < -0.3 is 10.5 Å². The van der Waals surface area contributed by atoms with Crippen LogP contribution in [0.5, 0.6) is 0 Å². The maximum absolute atomic E-state index is 13.0. The summed E-state index contributed by atoms with van der Waals surface area (Å²) in [6.07, 6.45) is 2.05. The van der Waals surface area contributed by atoms with Crippen LogP contribution in [0.3, 0.4) is 0 Å². The highest BCUT2D eigenvalue weighted by Gasteiger charge is 2.24. The predicted octanol–water partition coefficient (Wildman–Crippen LogP) is 3.92. The van der Waals surface area contributed by atoms with E-state index in [2.05, 4.69) is 4.90 Å². The summed E-state index contributed by atoms with van der Waals surface area (Å²) in [4.78, 5) is 13.6. The Balaban J connectivity index is 1.53. The van der Waals surface area contributed by atoms with Crippen LogP contribution < -0.4 is 5.73 Å². The number of carbonyl (C=O) groups is 1. The highest BCUT2D eigenvalue weighted by atomic mass is 19.1. The van der Waals surface area contributed by atoms with Crippen molar-refractivity contribution in [2.75, 3.05) is 19.6 Å². The first-order valence-corrected chi connectivity index (χ1v) is 9.08. The molecule has 4 nitrogen and oxygen atoms in total. The molecule has 0 radical (unpaired) electrons. The van der Waals surface area contributed by atoms with Crippen LogP contribution in [-0.2, 0) is 11.2 Å². The van der Waals surface area contributed by atoms with E-state index in [1.807, 2.05) is 42.5 Å². The van der Waals surface area contributed by atoms with Gasteiger partial charge in [0.2, 0.25) is 0 Å². The molecule has 0 saturated carbocycles. The van der Waals surface area contributed by atoms with E-state index in [0.29, 0.717) is 12.5 Å². The van der Waals surface area contributed by atoms with Crippen molar-refractivity contribution < 1.29 is 13.9 Å². The Hall–Kier alpha value is -2.40. The zero-order valence-corrected chi connectivity index (χ0v) is 14.8. The molecule has 2 aromatic carbocycles. The van der Waals surface area contributed by atoms with Crippen LogP contribution in [0.2, 0.25) is 0 Å². The van der Waals surface area contributed by atoms with Crippen LogP contribution in [0.1, 0.15) is 30.1 Å². The second-order valence-corrected chi connectivity index (χ2v) is 6.91. The Labute approximate surface area is 153 Å². The summed E-state index contributed by atoms with van der Waals surface area (Å²) in [5.74, 6) is 0.411. The van der Waals surface area contributed by atoms with Gasteiger partial charge in [0.1, 0.15) is 11.9 Å². The molecule has 0 aromatic heterocycles. The summed E-state index contributed by atoms with van der Waals surface area (Å²) in [5.41, 5.74) is 7.39. The standard InChI is InChI=1S/C21H25FN2O2/c22-19-8-6-16(7-9-19)14-17-10-12-24(13-11-17)15-20(26-21(23)25)18-4-2-1-3-5-18/h1-9,17,20H,10-15H2,(H2,23,25). The molecular weight excluding hydrogens is 331 g/mol. The van der Waals surface area contributed by atoms with E-state index in [1.54, 1.807) is 0 Å². The van der Waals surface area contributed by atoms with E-state index in [-0.39, 0.29) is 11.9 Å². The molecule has 1 fully saturated rings. The summed E-state index contributed by atoms with van der Waals surface area (Å²) in [6.45, 7) is 2.56. The van der Waals surface area contributed by atoms with Gasteiger partial charge in [-0.2, -0.15) is 0 Å². The number of nitrogens with two attached hydrogens (primary N) is 1. The molecule has 1 amide bonds. The summed E-state index contributed by atoms with van der Waals surface area (Å²) in [5, 5.41) is 0. The van der Waals surface area contributed by atoms with Crippen molar-refractivity contribution >= 4 is 6.09 Å². The minimum Gasteiger partial charge on any atom is -0.440 e. The molecule has 138 valence electrons. The van der Waals surface area contributed by atoms with Crippen molar-refractivity contribution in [3.63, 3.8) is 0 Å². The van der Waals surface area contributed by atoms with Gasteiger partial charge >= 0.3 is 6.09 Å². The van der Waals surface area contributed by atoms with E-state index in [9.17, 15) is 9.18 Å². The SMILES string of the molecule is NC(=O)OC(CN1CCC(Cc2ccc(F)cc2)CC1)c1ccccc1. The van der Waals surface area contributed by atoms with Crippen LogP contribution in [0, 0.1) is 11.7 Å². The Kier molecular flexibility index (Phi) is 6.23. The van der Waals surface area contributed by atoms with Gasteiger partial charge in [0, 0.05) is 6.54 Å². The van der Waals surface area contributed by atoms with Crippen molar-refractivity contribution in [1.82, 2.24) is 4.90 Å². The van der Waals surface area contributed by atoms with Crippen LogP contribution >= 0.6 is 0 Å². The number of primary amides is 1. The van der Waals surface area contributed by atoms with Gasteiger partial charge in [-0.3, -0.25) is 4.90 Å². The van der Waals surface area contributed by atoms with Gasteiger partial charge in [0.25, 0.3) is 0 Å². The lowest BCUT2D eigenvalue weighted by molar-refractivity contribution is 0.0636. The number of likely N-dealkylation sites (tertiary alicyclic amines) is 1. The smallest absolute Gasteiger partial charge is 0.405 e. The number of hydrogen-bond acceptors (Lipinski definition) is 3. The van der Waals surface area contributed by atoms with Gasteiger partial charge in [-0.1, -0.05) is 42.5 Å². The molecule has 2 aromatic rings. The van der Waals surface area contributed by atoms with E-state index >= 15 is 0 Å².